The van der Waals surface area contributed by atoms with Crippen LogP contribution in [0.25, 0.3) is 0 Å². The average molecular weight is 386 g/mol. The standard InChI is InChI=1S/C20H20ClN3O3/c21-15-4-3-14-9-19(25)24(17(14)10-15)12-13-1-5-16(6-2-13)23-20(26)18-11-22-7-8-27-18/h1-6,10,18,22H,7-9,11-12H2,(H,23,26). The van der Waals surface area contributed by atoms with Gasteiger partial charge in [0.05, 0.1) is 19.6 Å². The van der Waals surface area contributed by atoms with Crippen LogP contribution in [-0.4, -0.2) is 37.6 Å². The van der Waals surface area contributed by atoms with E-state index in [1.807, 2.05) is 36.4 Å². The maximum absolute atomic E-state index is 12.3. The van der Waals surface area contributed by atoms with Gasteiger partial charge in [-0.3, -0.25) is 9.59 Å². The Balaban J connectivity index is 1.42. The highest BCUT2D eigenvalue weighted by molar-refractivity contribution is 6.31. The van der Waals surface area contributed by atoms with Crippen molar-refractivity contribution in [2.45, 2.75) is 19.1 Å². The van der Waals surface area contributed by atoms with E-state index in [0.717, 1.165) is 23.4 Å². The van der Waals surface area contributed by atoms with Crippen molar-refractivity contribution in [2.75, 3.05) is 29.9 Å². The van der Waals surface area contributed by atoms with Gasteiger partial charge < -0.3 is 20.3 Å². The SMILES string of the molecule is O=C(Nc1ccc(CN2C(=O)Cc3ccc(Cl)cc32)cc1)C1CNCCO1. The highest BCUT2D eigenvalue weighted by atomic mass is 35.5. The fourth-order valence-electron chi connectivity index (χ4n) is 3.34. The summed E-state index contributed by atoms with van der Waals surface area (Å²) in [5.41, 5.74) is 3.54. The van der Waals surface area contributed by atoms with Crippen LogP contribution in [0, 0.1) is 0 Å². The molecule has 0 bridgehead atoms. The molecule has 2 amide bonds. The van der Waals surface area contributed by atoms with Crippen molar-refractivity contribution >= 4 is 34.8 Å². The Hall–Kier alpha value is -2.41. The number of rotatable bonds is 4. The highest BCUT2D eigenvalue weighted by Crippen LogP contribution is 2.32. The van der Waals surface area contributed by atoms with Crippen molar-refractivity contribution in [1.29, 1.82) is 0 Å². The number of hydrogen-bond acceptors (Lipinski definition) is 4. The van der Waals surface area contributed by atoms with Gasteiger partial charge in [0.2, 0.25) is 5.91 Å². The Morgan fingerprint density at radius 2 is 2.07 bits per heavy atom. The molecule has 4 rings (SSSR count). The van der Waals surface area contributed by atoms with E-state index in [9.17, 15) is 9.59 Å². The number of nitrogens with one attached hydrogen (secondary N) is 2. The Morgan fingerprint density at radius 1 is 1.26 bits per heavy atom. The molecule has 0 spiro atoms. The second-order valence-corrected chi connectivity index (χ2v) is 7.12. The molecule has 2 aromatic carbocycles. The lowest BCUT2D eigenvalue weighted by Crippen LogP contribution is -2.45. The molecule has 0 saturated carbocycles. The van der Waals surface area contributed by atoms with Crippen LogP contribution in [0.4, 0.5) is 11.4 Å². The summed E-state index contributed by atoms with van der Waals surface area (Å²) >= 11 is 6.08. The van der Waals surface area contributed by atoms with E-state index < -0.39 is 6.10 Å². The number of amides is 2. The van der Waals surface area contributed by atoms with E-state index in [1.54, 1.807) is 11.0 Å². The van der Waals surface area contributed by atoms with Crippen LogP contribution in [0.15, 0.2) is 42.5 Å². The summed E-state index contributed by atoms with van der Waals surface area (Å²) in [6.45, 7) is 2.29. The van der Waals surface area contributed by atoms with Gasteiger partial charge in [-0.1, -0.05) is 29.8 Å². The largest absolute Gasteiger partial charge is 0.366 e. The number of nitrogens with zero attached hydrogens (tertiary/aromatic N) is 1. The first-order valence-electron chi connectivity index (χ1n) is 8.91. The Bertz CT molecular complexity index is 863. The monoisotopic (exact) mass is 385 g/mol. The summed E-state index contributed by atoms with van der Waals surface area (Å²) < 4.78 is 5.45. The molecule has 6 nitrogen and oxygen atoms in total. The van der Waals surface area contributed by atoms with Crippen LogP contribution in [0.2, 0.25) is 5.02 Å². The normalized spacial score (nSPS) is 19.1. The molecule has 2 aliphatic rings. The minimum atomic E-state index is -0.470. The first-order chi connectivity index (χ1) is 13.1. The van der Waals surface area contributed by atoms with Gasteiger partial charge in [-0.2, -0.15) is 0 Å². The molecule has 1 saturated heterocycles. The van der Waals surface area contributed by atoms with Crippen molar-refractivity contribution in [3.8, 4) is 0 Å². The number of carbonyl (C=O) groups excluding carboxylic acids is 2. The summed E-state index contributed by atoms with van der Waals surface area (Å²) in [5, 5.41) is 6.61. The molecule has 2 heterocycles. The van der Waals surface area contributed by atoms with Gasteiger partial charge in [0.25, 0.3) is 5.91 Å². The van der Waals surface area contributed by atoms with E-state index in [1.165, 1.54) is 0 Å². The average Bonchev–Trinajstić information content (AvgIpc) is 2.99. The molecule has 1 atom stereocenters. The smallest absolute Gasteiger partial charge is 0.254 e. The fourth-order valence-corrected chi connectivity index (χ4v) is 3.50. The molecule has 2 N–H and O–H groups in total. The first-order valence-corrected chi connectivity index (χ1v) is 9.29. The minimum Gasteiger partial charge on any atom is -0.366 e. The number of ether oxygens (including phenoxy) is 1. The van der Waals surface area contributed by atoms with E-state index in [-0.39, 0.29) is 11.8 Å². The van der Waals surface area contributed by atoms with Gasteiger partial charge in [0.15, 0.2) is 0 Å². The Morgan fingerprint density at radius 3 is 2.81 bits per heavy atom. The second-order valence-electron chi connectivity index (χ2n) is 6.68. The molecule has 1 unspecified atom stereocenters. The zero-order valence-electron chi connectivity index (χ0n) is 14.7. The third-order valence-corrected chi connectivity index (χ3v) is 5.00. The number of carbonyl (C=O) groups is 2. The molecule has 27 heavy (non-hydrogen) atoms. The van der Waals surface area contributed by atoms with E-state index in [4.69, 9.17) is 16.3 Å². The molecule has 0 radical (unpaired) electrons. The van der Waals surface area contributed by atoms with Gasteiger partial charge in [0.1, 0.15) is 6.10 Å². The summed E-state index contributed by atoms with van der Waals surface area (Å²) in [4.78, 5) is 26.3. The summed E-state index contributed by atoms with van der Waals surface area (Å²) in [7, 11) is 0. The van der Waals surface area contributed by atoms with Crippen LogP contribution in [-0.2, 0) is 27.3 Å². The Kier molecular flexibility index (Phi) is 5.11. The minimum absolute atomic E-state index is 0.0617. The molecular weight excluding hydrogens is 366 g/mol. The maximum atomic E-state index is 12.3. The number of benzene rings is 2. The van der Waals surface area contributed by atoms with Crippen LogP contribution >= 0.6 is 11.6 Å². The molecular formula is C20H20ClN3O3. The molecule has 1 fully saturated rings. The molecule has 2 aromatic rings. The summed E-state index contributed by atoms with van der Waals surface area (Å²) in [6, 6.07) is 13.0. The zero-order chi connectivity index (χ0) is 18.8. The summed E-state index contributed by atoms with van der Waals surface area (Å²) in [5.74, 6) is -0.0974. The van der Waals surface area contributed by atoms with Gasteiger partial charge in [-0.05, 0) is 35.4 Å². The second kappa shape index (κ2) is 7.68. The van der Waals surface area contributed by atoms with Gasteiger partial charge in [-0.15, -0.1) is 0 Å². The molecule has 2 aliphatic heterocycles. The van der Waals surface area contributed by atoms with Crippen LogP contribution < -0.4 is 15.5 Å². The van der Waals surface area contributed by atoms with Crippen LogP contribution in [0.1, 0.15) is 11.1 Å². The van der Waals surface area contributed by atoms with Gasteiger partial charge >= 0.3 is 0 Å². The van der Waals surface area contributed by atoms with Gasteiger partial charge in [0, 0.05) is 29.5 Å². The lowest BCUT2D eigenvalue weighted by molar-refractivity contribution is -0.128. The van der Waals surface area contributed by atoms with Gasteiger partial charge in [-0.25, -0.2) is 0 Å². The lowest BCUT2D eigenvalue weighted by atomic mass is 10.1. The quantitative estimate of drug-likeness (QED) is 0.847. The number of halogens is 1. The third-order valence-electron chi connectivity index (χ3n) is 4.76. The topological polar surface area (TPSA) is 70.7 Å². The van der Waals surface area contributed by atoms with Crippen molar-refractivity contribution in [3.63, 3.8) is 0 Å². The van der Waals surface area contributed by atoms with Crippen LogP contribution in [0.3, 0.4) is 0 Å². The van der Waals surface area contributed by atoms with Crippen molar-refractivity contribution < 1.29 is 14.3 Å². The predicted molar refractivity (Wildman–Crippen MR) is 104 cm³/mol. The first kappa shape index (κ1) is 18.0. The number of morpholine rings is 1. The van der Waals surface area contributed by atoms with Crippen LogP contribution in [0.5, 0.6) is 0 Å². The van der Waals surface area contributed by atoms with E-state index in [0.29, 0.717) is 36.8 Å². The molecule has 7 heteroatoms. The third kappa shape index (κ3) is 3.98. The van der Waals surface area contributed by atoms with Crippen molar-refractivity contribution in [1.82, 2.24) is 5.32 Å². The lowest BCUT2D eigenvalue weighted by Gasteiger charge is -2.22. The molecule has 0 aliphatic carbocycles. The predicted octanol–water partition coefficient (Wildman–Crippen LogP) is 2.36. The Labute approximate surface area is 162 Å². The van der Waals surface area contributed by atoms with Crippen molar-refractivity contribution in [2.24, 2.45) is 0 Å². The summed E-state index contributed by atoms with van der Waals surface area (Å²) in [6.07, 6.45) is -0.0716. The van der Waals surface area contributed by atoms with E-state index >= 15 is 0 Å². The fraction of sp³-hybridized carbons (Fsp3) is 0.300. The number of anilines is 2. The van der Waals surface area contributed by atoms with E-state index in [2.05, 4.69) is 10.6 Å². The highest BCUT2D eigenvalue weighted by Gasteiger charge is 2.27. The molecule has 140 valence electrons. The number of fused-ring (bicyclic) bond motifs is 1. The molecule has 0 aromatic heterocycles. The van der Waals surface area contributed by atoms with Crippen molar-refractivity contribution in [3.05, 3.63) is 58.6 Å². The number of hydrogen-bond donors (Lipinski definition) is 2. The maximum Gasteiger partial charge on any atom is 0.254 e. The zero-order valence-corrected chi connectivity index (χ0v) is 15.5.